The Morgan fingerprint density at radius 3 is 2.62 bits per heavy atom. The summed E-state index contributed by atoms with van der Waals surface area (Å²) >= 11 is 5.89. The standard InChI is InChI=1S/C20H26ClFN2O5/c1-12(17(25)23-16-8-7-14(22)10-15(16)21)28-18(26)13-6-5-9-24(11-13)19(27)29-20(2,3)4/h7-8,10,12-13H,5-6,9,11H2,1-4H3,(H,23,25). The highest BCUT2D eigenvalue weighted by Crippen LogP contribution is 2.24. The molecule has 0 radical (unpaired) electrons. The fourth-order valence-corrected chi connectivity index (χ4v) is 3.03. The van der Waals surface area contributed by atoms with Crippen LogP contribution >= 0.6 is 11.6 Å². The maximum absolute atomic E-state index is 13.1. The Labute approximate surface area is 174 Å². The lowest BCUT2D eigenvalue weighted by atomic mass is 9.98. The highest BCUT2D eigenvalue weighted by molar-refractivity contribution is 6.33. The first-order valence-electron chi connectivity index (χ1n) is 9.40. The van der Waals surface area contributed by atoms with Crippen molar-refractivity contribution < 1.29 is 28.2 Å². The third-order valence-corrected chi connectivity index (χ3v) is 4.57. The molecule has 2 atom stereocenters. The molecular weight excluding hydrogens is 403 g/mol. The predicted octanol–water partition coefficient (Wildman–Crippen LogP) is 4.00. The molecule has 1 fully saturated rings. The number of piperidine rings is 1. The van der Waals surface area contributed by atoms with Crippen LogP contribution in [0.1, 0.15) is 40.5 Å². The van der Waals surface area contributed by atoms with E-state index in [4.69, 9.17) is 21.1 Å². The number of carbonyl (C=O) groups is 3. The Bertz CT molecular complexity index is 781. The van der Waals surface area contributed by atoms with E-state index in [1.54, 1.807) is 20.8 Å². The molecule has 2 unspecified atom stereocenters. The molecule has 0 aromatic heterocycles. The number of benzene rings is 1. The summed E-state index contributed by atoms with van der Waals surface area (Å²) in [5.74, 6) is -2.22. The zero-order valence-corrected chi connectivity index (χ0v) is 17.7. The van der Waals surface area contributed by atoms with Crippen LogP contribution in [-0.4, -0.2) is 47.7 Å². The number of nitrogens with one attached hydrogen (secondary N) is 1. The zero-order valence-electron chi connectivity index (χ0n) is 17.0. The number of rotatable bonds is 4. The molecule has 1 aliphatic rings. The molecule has 1 N–H and O–H groups in total. The molecule has 0 bridgehead atoms. The number of hydrogen-bond acceptors (Lipinski definition) is 5. The van der Waals surface area contributed by atoms with Crippen molar-refractivity contribution >= 4 is 35.3 Å². The second-order valence-electron chi connectivity index (χ2n) is 7.96. The van der Waals surface area contributed by atoms with Gasteiger partial charge in [0.2, 0.25) is 0 Å². The van der Waals surface area contributed by atoms with Gasteiger partial charge in [-0.2, -0.15) is 0 Å². The van der Waals surface area contributed by atoms with Crippen LogP contribution in [0.5, 0.6) is 0 Å². The van der Waals surface area contributed by atoms with Gasteiger partial charge in [0.15, 0.2) is 6.10 Å². The van der Waals surface area contributed by atoms with E-state index in [-0.39, 0.29) is 17.3 Å². The predicted molar refractivity (Wildman–Crippen MR) is 106 cm³/mol. The first-order valence-corrected chi connectivity index (χ1v) is 9.78. The van der Waals surface area contributed by atoms with Gasteiger partial charge in [0, 0.05) is 13.1 Å². The number of halogens is 2. The minimum Gasteiger partial charge on any atom is -0.452 e. The number of amides is 2. The topological polar surface area (TPSA) is 84.9 Å². The molecule has 29 heavy (non-hydrogen) atoms. The Hall–Kier alpha value is -2.35. The molecule has 1 heterocycles. The van der Waals surface area contributed by atoms with Crippen LogP contribution < -0.4 is 5.32 Å². The fourth-order valence-electron chi connectivity index (χ4n) is 2.81. The van der Waals surface area contributed by atoms with Crippen molar-refractivity contribution in [3.63, 3.8) is 0 Å². The number of anilines is 1. The highest BCUT2D eigenvalue weighted by atomic mass is 35.5. The van der Waals surface area contributed by atoms with E-state index >= 15 is 0 Å². The van der Waals surface area contributed by atoms with Gasteiger partial charge < -0.3 is 19.7 Å². The Kier molecular flexibility index (Phi) is 7.46. The number of carbonyl (C=O) groups excluding carboxylic acids is 3. The van der Waals surface area contributed by atoms with Crippen molar-refractivity contribution in [2.24, 2.45) is 5.92 Å². The summed E-state index contributed by atoms with van der Waals surface area (Å²) in [6.07, 6.45) is -0.381. The Morgan fingerprint density at radius 1 is 1.31 bits per heavy atom. The largest absolute Gasteiger partial charge is 0.452 e. The van der Waals surface area contributed by atoms with E-state index in [0.29, 0.717) is 19.4 Å². The van der Waals surface area contributed by atoms with Gasteiger partial charge in [0.05, 0.1) is 16.6 Å². The summed E-state index contributed by atoms with van der Waals surface area (Å²) < 4.78 is 23.7. The molecule has 0 aliphatic carbocycles. The first kappa shape index (κ1) is 22.9. The average molecular weight is 429 g/mol. The Morgan fingerprint density at radius 2 is 2.00 bits per heavy atom. The molecule has 1 aliphatic heterocycles. The van der Waals surface area contributed by atoms with E-state index in [1.165, 1.54) is 17.9 Å². The van der Waals surface area contributed by atoms with Gasteiger partial charge in [-0.1, -0.05) is 11.6 Å². The maximum Gasteiger partial charge on any atom is 0.410 e. The van der Waals surface area contributed by atoms with Crippen molar-refractivity contribution in [3.8, 4) is 0 Å². The third-order valence-electron chi connectivity index (χ3n) is 4.26. The van der Waals surface area contributed by atoms with Gasteiger partial charge in [0.25, 0.3) is 5.91 Å². The van der Waals surface area contributed by atoms with E-state index in [0.717, 1.165) is 12.1 Å². The molecular formula is C20H26ClFN2O5. The number of esters is 1. The van der Waals surface area contributed by atoms with E-state index in [9.17, 15) is 18.8 Å². The molecule has 1 saturated heterocycles. The number of ether oxygens (including phenoxy) is 2. The van der Waals surface area contributed by atoms with Crippen LogP contribution in [0.25, 0.3) is 0 Å². The highest BCUT2D eigenvalue weighted by Gasteiger charge is 2.33. The minimum atomic E-state index is -1.08. The quantitative estimate of drug-likeness (QED) is 0.733. The number of likely N-dealkylation sites (tertiary alicyclic amines) is 1. The summed E-state index contributed by atoms with van der Waals surface area (Å²) in [6.45, 7) is 7.42. The molecule has 0 spiro atoms. The lowest BCUT2D eigenvalue weighted by Gasteiger charge is -2.33. The molecule has 7 nitrogen and oxygen atoms in total. The first-order chi connectivity index (χ1) is 13.5. The monoisotopic (exact) mass is 428 g/mol. The van der Waals surface area contributed by atoms with Gasteiger partial charge in [0.1, 0.15) is 11.4 Å². The zero-order chi connectivity index (χ0) is 21.8. The van der Waals surface area contributed by atoms with Crippen LogP contribution in [-0.2, 0) is 19.1 Å². The molecule has 2 amide bonds. The van der Waals surface area contributed by atoms with Gasteiger partial charge >= 0.3 is 12.1 Å². The second-order valence-corrected chi connectivity index (χ2v) is 8.37. The average Bonchev–Trinajstić information content (AvgIpc) is 2.62. The van der Waals surface area contributed by atoms with Gasteiger partial charge in [-0.05, 0) is 58.7 Å². The van der Waals surface area contributed by atoms with Crippen molar-refractivity contribution in [2.45, 2.75) is 52.2 Å². The SMILES string of the molecule is CC(OC(=O)C1CCCN(C(=O)OC(C)(C)C)C1)C(=O)Nc1ccc(F)cc1Cl. The van der Waals surface area contributed by atoms with Gasteiger partial charge in [-0.15, -0.1) is 0 Å². The second kappa shape index (κ2) is 9.43. The fraction of sp³-hybridized carbons (Fsp3) is 0.550. The third kappa shape index (κ3) is 6.88. The maximum atomic E-state index is 13.1. The molecule has 9 heteroatoms. The van der Waals surface area contributed by atoms with Crippen LogP contribution in [0.15, 0.2) is 18.2 Å². The van der Waals surface area contributed by atoms with E-state index in [2.05, 4.69) is 5.32 Å². The van der Waals surface area contributed by atoms with Gasteiger partial charge in [-0.25, -0.2) is 9.18 Å². The molecule has 2 rings (SSSR count). The van der Waals surface area contributed by atoms with Crippen LogP contribution in [0.4, 0.5) is 14.9 Å². The van der Waals surface area contributed by atoms with E-state index < -0.39 is 41.4 Å². The van der Waals surface area contributed by atoms with Crippen LogP contribution in [0, 0.1) is 11.7 Å². The smallest absolute Gasteiger partial charge is 0.410 e. The lowest BCUT2D eigenvalue weighted by molar-refractivity contribution is -0.158. The van der Waals surface area contributed by atoms with E-state index in [1.807, 2.05) is 0 Å². The van der Waals surface area contributed by atoms with Gasteiger partial charge in [-0.3, -0.25) is 9.59 Å². The van der Waals surface area contributed by atoms with Crippen LogP contribution in [0.2, 0.25) is 5.02 Å². The summed E-state index contributed by atoms with van der Waals surface area (Å²) in [4.78, 5) is 38.4. The summed E-state index contributed by atoms with van der Waals surface area (Å²) in [7, 11) is 0. The molecule has 160 valence electrons. The number of nitrogens with zero attached hydrogens (tertiary/aromatic N) is 1. The van der Waals surface area contributed by atoms with Crippen molar-refractivity contribution in [1.29, 1.82) is 0 Å². The lowest BCUT2D eigenvalue weighted by Crippen LogP contribution is -2.45. The van der Waals surface area contributed by atoms with Crippen molar-refractivity contribution in [1.82, 2.24) is 4.90 Å². The number of hydrogen-bond donors (Lipinski definition) is 1. The molecule has 0 saturated carbocycles. The van der Waals surface area contributed by atoms with Crippen LogP contribution in [0.3, 0.4) is 0 Å². The molecule has 1 aromatic rings. The summed E-state index contributed by atoms with van der Waals surface area (Å²) in [5.41, 5.74) is -0.409. The minimum absolute atomic E-state index is 0.0390. The summed E-state index contributed by atoms with van der Waals surface area (Å²) in [6, 6.07) is 3.55. The normalized spacial score (nSPS) is 18.0. The van der Waals surface area contributed by atoms with Crippen molar-refractivity contribution in [2.75, 3.05) is 18.4 Å². The molecule has 1 aromatic carbocycles. The Balaban J connectivity index is 1.91. The summed E-state index contributed by atoms with van der Waals surface area (Å²) in [5, 5.41) is 2.54. The van der Waals surface area contributed by atoms with Crippen molar-refractivity contribution in [3.05, 3.63) is 29.0 Å².